The molecule has 88 valence electrons. The van der Waals surface area contributed by atoms with E-state index in [4.69, 9.17) is 0 Å². The van der Waals surface area contributed by atoms with E-state index in [0.717, 1.165) is 19.6 Å². The van der Waals surface area contributed by atoms with Gasteiger partial charge in [0.2, 0.25) is 0 Å². The van der Waals surface area contributed by atoms with Crippen LogP contribution in [-0.2, 0) is 0 Å². The van der Waals surface area contributed by atoms with Crippen molar-refractivity contribution in [2.24, 2.45) is 0 Å². The molecule has 0 aliphatic carbocycles. The molecule has 16 heavy (non-hydrogen) atoms. The van der Waals surface area contributed by atoms with E-state index in [1.165, 1.54) is 24.2 Å². The number of aromatic nitrogens is 1. The largest absolute Gasteiger partial charge is 0.349 e. The molecule has 1 saturated heterocycles. The highest BCUT2D eigenvalue weighted by Crippen LogP contribution is 2.15. The van der Waals surface area contributed by atoms with Crippen molar-refractivity contribution in [3.8, 4) is 0 Å². The number of nitrogens with zero attached hydrogens (tertiary/aromatic N) is 2. The van der Waals surface area contributed by atoms with Crippen molar-refractivity contribution in [2.45, 2.75) is 25.8 Å². The van der Waals surface area contributed by atoms with Gasteiger partial charge in [0.25, 0.3) is 5.91 Å². The third kappa shape index (κ3) is 2.59. The average molecular weight is 239 g/mol. The first-order valence-electron chi connectivity index (χ1n) is 5.71. The van der Waals surface area contributed by atoms with Gasteiger partial charge in [0, 0.05) is 18.0 Å². The van der Waals surface area contributed by atoms with Gasteiger partial charge in [0.05, 0.1) is 5.51 Å². The summed E-state index contributed by atoms with van der Waals surface area (Å²) < 4.78 is 0. The minimum Gasteiger partial charge on any atom is -0.349 e. The van der Waals surface area contributed by atoms with Gasteiger partial charge >= 0.3 is 0 Å². The second-order valence-electron chi connectivity index (χ2n) is 4.01. The molecule has 1 N–H and O–H groups in total. The molecule has 5 heteroatoms. The van der Waals surface area contributed by atoms with Crippen LogP contribution in [0.1, 0.15) is 30.3 Å². The summed E-state index contributed by atoms with van der Waals surface area (Å²) in [7, 11) is 0. The highest BCUT2D eigenvalue weighted by Gasteiger charge is 2.23. The molecule has 0 saturated carbocycles. The van der Waals surface area contributed by atoms with Crippen LogP contribution >= 0.6 is 11.3 Å². The molecule has 0 spiro atoms. The van der Waals surface area contributed by atoms with Gasteiger partial charge in [0.1, 0.15) is 5.69 Å². The number of hydrogen-bond acceptors (Lipinski definition) is 4. The quantitative estimate of drug-likeness (QED) is 0.863. The Kier molecular flexibility index (Phi) is 3.90. The highest BCUT2D eigenvalue weighted by molar-refractivity contribution is 7.07. The summed E-state index contributed by atoms with van der Waals surface area (Å²) in [5.74, 6) is -0.0517. The molecule has 1 unspecified atom stereocenters. The van der Waals surface area contributed by atoms with Gasteiger partial charge in [-0.1, -0.05) is 6.92 Å². The van der Waals surface area contributed by atoms with Gasteiger partial charge in [-0.05, 0) is 25.9 Å². The maximum absolute atomic E-state index is 11.7. The zero-order chi connectivity index (χ0) is 11.4. The summed E-state index contributed by atoms with van der Waals surface area (Å²) in [6.45, 7) is 5.13. The van der Waals surface area contributed by atoms with Gasteiger partial charge in [-0.15, -0.1) is 11.3 Å². The van der Waals surface area contributed by atoms with Crippen molar-refractivity contribution >= 4 is 17.2 Å². The Labute approximate surface area is 99.7 Å². The number of amides is 1. The maximum atomic E-state index is 11.7. The molecule has 2 heterocycles. The lowest BCUT2D eigenvalue weighted by Crippen LogP contribution is -2.40. The van der Waals surface area contributed by atoms with Crippen LogP contribution in [0.15, 0.2) is 10.9 Å². The molecule has 2 rings (SSSR count). The van der Waals surface area contributed by atoms with Crippen LogP contribution in [-0.4, -0.2) is 41.5 Å². The van der Waals surface area contributed by atoms with Gasteiger partial charge in [-0.2, -0.15) is 0 Å². The van der Waals surface area contributed by atoms with E-state index in [2.05, 4.69) is 22.1 Å². The summed E-state index contributed by atoms with van der Waals surface area (Å²) in [4.78, 5) is 18.1. The normalized spacial score (nSPS) is 21.2. The van der Waals surface area contributed by atoms with E-state index in [1.807, 2.05) is 0 Å². The van der Waals surface area contributed by atoms with Gasteiger partial charge < -0.3 is 5.32 Å². The number of carbonyl (C=O) groups is 1. The first-order valence-corrected chi connectivity index (χ1v) is 6.66. The first-order chi connectivity index (χ1) is 7.81. The Morgan fingerprint density at radius 2 is 2.62 bits per heavy atom. The molecule has 0 aromatic carbocycles. The van der Waals surface area contributed by atoms with E-state index in [9.17, 15) is 4.79 Å². The minimum atomic E-state index is -0.0517. The number of nitrogens with one attached hydrogen (secondary N) is 1. The summed E-state index contributed by atoms with van der Waals surface area (Å²) in [6.07, 6.45) is 2.43. The number of rotatable bonds is 4. The molecule has 1 amide bonds. The lowest BCUT2D eigenvalue weighted by Gasteiger charge is -2.22. The monoisotopic (exact) mass is 239 g/mol. The zero-order valence-electron chi connectivity index (χ0n) is 9.48. The summed E-state index contributed by atoms with van der Waals surface area (Å²) in [5, 5.41) is 4.73. The Bertz CT molecular complexity index is 339. The molecular weight excluding hydrogens is 222 g/mol. The number of hydrogen-bond donors (Lipinski definition) is 1. The predicted molar refractivity (Wildman–Crippen MR) is 64.7 cm³/mol. The van der Waals surface area contributed by atoms with E-state index < -0.39 is 0 Å². The summed E-state index contributed by atoms with van der Waals surface area (Å²) in [5.41, 5.74) is 2.22. The van der Waals surface area contributed by atoms with Gasteiger partial charge in [0.15, 0.2) is 0 Å². The second kappa shape index (κ2) is 5.41. The van der Waals surface area contributed by atoms with Crippen LogP contribution in [0.4, 0.5) is 0 Å². The lowest BCUT2D eigenvalue weighted by atomic mass is 10.2. The third-order valence-electron chi connectivity index (χ3n) is 3.07. The molecule has 0 radical (unpaired) electrons. The van der Waals surface area contributed by atoms with E-state index in [0.29, 0.717) is 11.7 Å². The zero-order valence-corrected chi connectivity index (χ0v) is 10.3. The predicted octanol–water partition coefficient (Wildman–Crippen LogP) is 1.36. The van der Waals surface area contributed by atoms with Crippen molar-refractivity contribution in [1.29, 1.82) is 0 Å². The number of likely N-dealkylation sites (tertiary alicyclic amines) is 1. The highest BCUT2D eigenvalue weighted by atomic mass is 32.1. The molecule has 1 atom stereocenters. The standard InChI is InChI=1S/C11H17N3OS/c1-2-14-5-3-4-9(14)6-12-11(15)10-7-16-8-13-10/h7-9H,2-6H2,1H3,(H,12,15). The number of likely N-dealkylation sites (N-methyl/N-ethyl adjacent to an activating group) is 1. The Morgan fingerprint density at radius 1 is 1.75 bits per heavy atom. The number of thiazole rings is 1. The molecule has 1 aromatic rings. The molecule has 1 fully saturated rings. The van der Waals surface area contributed by atoms with E-state index in [-0.39, 0.29) is 5.91 Å². The second-order valence-corrected chi connectivity index (χ2v) is 4.73. The Hall–Kier alpha value is -0.940. The van der Waals surface area contributed by atoms with Crippen molar-refractivity contribution in [2.75, 3.05) is 19.6 Å². The van der Waals surface area contributed by atoms with Crippen LogP contribution in [0.3, 0.4) is 0 Å². The van der Waals surface area contributed by atoms with Crippen LogP contribution in [0, 0.1) is 0 Å². The van der Waals surface area contributed by atoms with E-state index in [1.54, 1.807) is 10.9 Å². The summed E-state index contributed by atoms with van der Waals surface area (Å²) in [6, 6.07) is 0.507. The van der Waals surface area contributed by atoms with Crippen molar-refractivity contribution in [3.05, 3.63) is 16.6 Å². The Balaban J connectivity index is 1.81. The van der Waals surface area contributed by atoms with Gasteiger partial charge in [-0.25, -0.2) is 4.98 Å². The molecule has 4 nitrogen and oxygen atoms in total. The lowest BCUT2D eigenvalue weighted by molar-refractivity contribution is 0.0937. The Morgan fingerprint density at radius 3 is 3.31 bits per heavy atom. The molecule has 1 aliphatic heterocycles. The summed E-state index contributed by atoms with van der Waals surface area (Å²) >= 11 is 1.45. The van der Waals surface area contributed by atoms with Crippen molar-refractivity contribution < 1.29 is 4.79 Å². The number of carbonyl (C=O) groups excluding carboxylic acids is 1. The van der Waals surface area contributed by atoms with Crippen LogP contribution in [0.25, 0.3) is 0 Å². The topological polar surface area (TPSA) is 45.2 Å². The minimum absolute atomic E-state index is 0.0517. The van der Waals surface area contributed by atoms with Gasteiger partial charge in [-0.3, -0.25) is 9.69 Å². The van der Waals surface area contributed by atoms with Crippen LogP contribution in [0.2, 0.25) is 0 Å². The molecule has 1 aromatic heterocycles. The average Bonchev–Trinajstić information content (AvgIpc) is 2.96. The third-order valence-corrected chi connectivity index (χ3v) is 3.65. The fraction of sp³-hybridized carbons (Fsp3) is 0.636. The maximum Gasteiger partial charge on any atom is 0.270 e. The van der Waals surface area contributed by atoms with E-state index >= 15 is 0 Å². The van der Waals surface area contributed by atoms with Crippen LogP contribution < -0.4 is 5.32 Å². The van der Waals surface area contributed by atoms with Crippen molar-refractivity contribution in [3.63, 3.8) is 0 Å². The smallest absolute Gasteiger partial charge is 0.270 e. The molecular formula is C11H17N3OS. The molecule has 1 aliphatic rings. The fourth-order valence-corrected chi connectivity index (χ4v) is 2.70. The van der Waals surface area contributed by atoms with Crippen LogP contribution in [0.5, 0.6) is 0 Å². The SMILES string of the molecule is CCN1CCCC1CNC(=O)c1cscn1. The fourth-order valence-electron chi connectivity index (χ4n) is 2.17. The first kappa shape index (κ1) is 11.5. The van der Waals surface area contributed by atoms with Crippen molar-refractivity contribution in [1.82, 2.24) is 15.2 Å². The molecule has 0 bridgehead atoms.